The lowest BCUT2D eigenvalue weighted by atomic mass is 9.79. The number of nitrogens with zero attached hydrogens (tertiary/aromatic N) is 1. The Morgan fingerprint density at radius 3 is 1.76 bits per heavy atom. The van der Waals surface area contributed by atoms with Crippen LogP contribution in [0.25, 0.3) is 88.3 Å². The van der Waals surface area contributed by atoms with Crippen LogP contribution in [0.5, 0.6) is 0 Å². The molecule has 0 saturated carbocycles. The van der Waals surface area contributed by atoms with Crippen LogP contribution in [-0.4, -0.2) is 0 Å². The maximum atomic E-state index is 6.78. The van der Waals surface area contributed by atoms with Gasteiger partial charge in [0.2, 0.25) is 0 Å². The predicted octanol–water partition coefficient (Wildman–Crippen LogP) is 17.8. The first-order chi connectivity index (χ1) is 32.3. The van der Waals surface area contributed by atoms with Crippen LogP contribution < -0.4 is 4.90 Å². The third-order valence-electron chi connectivity index (χ3n) is 14.9. The third kappa shape index (κ3) is 5.55. The molecule has 2 heteroatoms. The van der Waals surface area contributed by atoms with Crippen molar-refractivity contribution in [3.05, 3.63) is 235 Å². The summed E-state index contributed by atoms with van der Waals surface area (Å²) in [5.74, 6) is 0. The lowest BCUT2D eigenvalue weighted by Crippen LogP contribution is -2.16. The molecule has 0 aliphatic heterocycles. The number of hydrogen-bond donors (Lipinski definition) is 0. The van der Waals surface area contributed by atoms with Crippen molar-refractivity contribution in [2.24, 2.45) is 0 Å². The molecular weight excluding hydrogens is 799 g/mol. The first kappa shape index (κ1) is 38.5. The standard InChI is InChI=1S/C64H47NO/c1-63(2)54-29-11-7-23-47(54)49-36-35-42(39-56(49)63)44-21-9-13-31-57(44)65(43-20-15-19-41(38-43)45-26-16-28-52-48-24-8-12-30-55(48)64(3,4)61(45)52)58-32-14-10-25-50(58)51-27-17-33-59-60(51)53-37-34-40-18-5-6-22-46(40)62(53)66-59/h5-39H,1-4H3. The average Bonchev–Trinajstić information content (AvgIpc) is 3.95. The minimum Gasteiger partial charge on any atom is -0.455 e. The van der Waals surface area contributed by atoms with E-state index in [1.807, 2.05) is 0 Å². The Morgan fingerprint density at radius 1 is 0.364 bits per heavy atom. The fourth-order valence-corrected chi connectivity index (χ4v) is 11.8. The Morgan fingerprint density at radius 2 is 0.939 bits per heavy atom. The van der Waals surface area contributed by atoms with E-state index in [1.165, 1.54) is 72.1 Å². The van der Waals surface area contributed by atoms with E-state index in [0.717, 1.165) is 55.5 Å². The van der Waals surface area contributed by atoms with Crippen LogP contribution in [0.3, 0.4) is 0 Å². The Hall–Kier alpha value is -7.94. The van der Waals surface area contributed by atoms with Crippen molar-refractivity contribution in [2.45, 2.75) is 38.5 Å². The van der Waals surface area contributed by atoms with E-state index >= 15 is 0 Å². The molecule has 2 aliphatic rings. The summed E-state index contributed by atoms with van der Waals surface area (Å²) in [6.45, 7) is 9.49. The lowest BCUT2D eigenvalue weighted by Gasteiger charge is -2.31. The quantitative estimate of drug-likeness (QED) is 0.166. The summed E-state index contributed by atoms with van der Waals surface area (Å²) in [4.78, 5) is 2.50. The van der Waals surface area contributed by atoms with Gasteiger partial charge >= 0.3 is 0 Å². The van der Waals surface area contributed by atoms with Crippen LogP contribution >= 0.6 is 0 Å². The number of rotatable bonds is 6. The second-order valence-corrected chi connectivity index (χ2v) is 19.2. The smallest absolute Gasteiger partial charge is 0.143 e. The highest BCUT2D eigenvalue weighted by Gasteiger charge is 2.38. The molecule has 0 atom stereocenters. The molecular formula is C64H47NO. The zero-order valence-corrected chi connectivity index (χ0v) is 37.6. The second-order valence-electron chi connectivity index (χ2n) is 19.2. The summed E-state index contributed by atoms with van der Waals surface area (Å²) in [5, 5.41) is 4.53. The van der Waals surface area contributed by atoms with Crippen molar-refractivity contribution in [3.8, 4) is 55.6 Å². The fraction of sp³-hybridized carbons (Fsp3) is 0.0938. The number of benzene rings is 10. The molecule has 0 bridgehead atoms. The Bertz CT molecular complexity index is 3790. The minimum absolute atomic E-state index is 0.127. The zero-order valence-electron chi connectivity index (χ0n) is 37.6. The molecule has 1 heterocycles. The van der Waals surface area contributed by atoms with Crippen molar-refractivity contribution in [1.29, 1.82) is 0 Å². The highest BCUT2D eigenvalue weighted by atomic mass is 16.3. The van der Waals surface area contributed by atoms with Gasteiger partial charge in [-0.25, -0.2) is 0 Å². The summed E-state index contributed by atoms with van der Waals surface area (Å²) < 4.78 is 6.78. The van der Waals surface area contributed by atoms with Gasteiger partial charge in [0.15, 0.2) is 0 Å². The second kappa shape index (κ2) is 14.3. The van der Waals surface area contributed by atoms with Gasteiger partial charge in [-0.2, -0.15) is 0 Å². The number of para-hydroxylation sites is 2. The van der Waals surface area contributed by atoms with Gasteiger partial charge in [0.05, 0.1) is 11.4 Å². The maximum Gasteiger partial charge on any atom is 0.143 e. The fourth-order valence-electron chi connectivity index (χ4n) is 11.8. The first-order valence-electron chi connectivity index (χ1n) is 23.2. The van der Waals surface area contributed by atoms with Crippen molar-refractivity contribution >= 4 is 49.8 Å². The monoisotopic (exact) mass is 845 g/mol. The van der Waals surface area contributed by atoms with Gasteiger partial charge in [0, 0.05) is 43.8 Å². The Labute approximate surface area is 386 Å². The van der Waals surface area contributed by atoms with Gasteiger partial charge in [-0.15, -0.1) is 0 Å². The number of furan rings is 1. The largest absolute Gasteiger partial charge is 0.455 e. The average molecular weight is 846 g/mol. The van der Waals surface area contributed by atoms with E-state index in [0.29, 0.717) is 0 Å². The zero-order chi connectivity index (χ0) is 44.3. The summed E-state index contributed by atoms with van der Waals surface area (Å²) in [5.41, 5.74) is 22.7. The van der Waals surface area contributed by atoms with Crippen LogP contribution in [0.2, 0.25) is 0 Å². The molecule has 314 valence electrons. The highest BCUT2D eigenvalue weighted by Crippen LogP contribution is 2.54. The van der Waals surface area contributed by atoms with Crippen molar-refractivity contribution in [3.63, 3.8) is 0 Å². The minimum atomic E-state index is -0.157. The molecule has 2 aliphatic carbocycles. The van der Waals surface area contributed by atoms with Crippen molar-refractivity contribution in [2.75, 3.05) is 4.90 Å². The topological polar surface area (TPSA) is 16.4 Å². The number of fused-ring (bicyclic) bond motifs is 11. The summed E-state index contributed by atoms with van der Waals surface area (Å²) in [7, 11) is 0. The molecule has 10 aromatic carbocycles. The maximum absolute atomic E-state index is 6.78. The molecule has 0 radical (unpaired) electrons. The van der Waals surface area contributed by atoms with Gasteiger partial charge in [-0.05, 0) is 115 Å². The van der Waals surface area contributed by atoms with E-state index in [-0.39, 0.29) is 10.8 Å². The molecule has 11 aromatic rings. The van der Waals surface area contributed by atoms with Gasteiger partial charge in [0.1, 0.15) is 11.2 Å². The predicted molar refractivity (Wildman–Crippen MR) is 277 cm³/mol. The molecule has 0 fully saturated rings. The van der Waals surface area contributed by atoms with Gasteiger partial charge < -0.3 is 9.32 Å². The molecule has 0 N–H and O–H groups in total. The third-order valence-corrected chi connectivity index (χ3v) is 14.9. The number of hydrogen-bond acceptors (Lipinski definition) is 2. The Balaban J connectivity index is 1.05. The molecule has 0 unspecified atom stereocenters. The SMILES string of the molecule is CC1(C)c2ccccc2-c2ccc(-c3ccccc3N(c3cccc(-c4cccc5c4C(C)(C)c4ccccc4-5)c3)c3ccccc3-c3cccc4oc5c6ccccc6ccc5c34)cc21. The molecule has 0 saturated heterocycles. The van der Waals surface area contributed by atoms with Gasteiger partial charge in [-0.1, -0.05) is 198 Å². The molecule has 13 rings (SSSR count). The highest BCUT2D eigenvalue weighted by molar-refractivity contribution is 6.20. The van der Waals surface area contributed by atoms with E-state index in [1.54, 1.807) is 0 Å². The summed E-state index contributed by atoms with van der Waals surface area (Å²) in [6.07, 6.45) is 0. The molecule has 0 amide bonds. The van der Waals surface area contributed by atoms with E-state index in [4.69, 9.17) is 4.42 Å². The van der Waals surface area contributed by atoms with Crippen LogP contribution in [-0.2, 0) is 10.8 Å². The molecule has 66 heavy (non-hydrogen) atoms. The molecule has 1 aromatic heterocycles. The normalized spacial score (nSPS) is 14.0. The van der Waals surface area contributed by atoms with Crippen LogP contribution in [0, 0.1) is 0 Å². The van der Waals surface area contributed by atoms with Crippen molar-refractivity contribution < 1.29 is 4.42 Å². The summed E-state index contributed by atoms with van der Waals surface area (Å²) >= 11 is 0. The molecule has 0 spiro atoms. The Kier molecular flexibility index (Phi) is 8.33. The lowest BCUT2D eigenvalue weighted by molar-refractivity contribution is 0.660. The summed E-state index contributed by atoms with van der Waals surface area (Å²) in [6, 6.07) is 78.4. The van der Waals surface area contributed by atoms with Gasteiger partial charge in [0.25, 0.3) is 0 Å². The molecule has 2 nitrogen and oxygen atoms in total. The van der Waals surface area contributed by atoms with Crippen molar-refractivity contribution in [1.82, 2.24) is 0 Å². The van der Waals surface area contributed by atoms with Crippen LogP contribution in [0.1, 0.15) is 49.9 Å². The van der Waals surface area contributed by atoms with Crippen LogP contribution in [0.15, 0.2) is 217 Å². The van der Waals surface area contributed by atoms with E-state index in [9.17, 15) is 0 Å². The number of anilines is 3. The van der Waals surface area contributed by atoms with E-state index < -0.39 is 0 Å². The first-order valence-corrected chi connectivity index (χ1v) is 23.2. The van der Waals surface area contributed by atoms with Gasteiger partial charge in [-0.3, -0.25) is 0 Å². The van der Waals surface area contributed by atoms with E-state index in [2.05, 4.69) is 245 Å². The van der Waals surface area contributed by atoms with Crippen LogP contribution in [0.4, 0.5) is 17.1 Å².